The SMILES string of the molecule is CCc1ccc(C(=O)N(C(C)C)[C@@H](C)C(=O)c2c(C)c(C(=O)OC)n(C)c2C)cc1. The number of ether oxygens (including phenoxy) is 1. The zero-order chi connectivity index (χ0) is 22.7. The Kier molecular flexibility index (Phi) is 7.24. The highest BCUT2D eigenvalue weighted by molar-refractivity contribution is 6.07. The number of esters is 1. The summed E-state index contributed by atoms with van der Waals surface area (Å²) in [6, 6.07) is 6.63. The molecule has 0 aliphatic carbocycles. The van der Waals surface area contributed by atoms with Gasteiger partial charge in [-0.2, -0.15) is 0 Å². The number of benzene rings is 1. The predicted molar refractivity (Wildman–Crippen MR) is 117 cm³/mol. The van der Waals surface area contributed by atoms with Gasteiger partial charge in [0.15, 0.2) is 5.78 Å². The van der Waals surface area contributed by atoms with E-state index in [1.165, 1.54) is 7.11 Å². The van der Waals surface area contributed by atoms with Crippen molar-refractivity contribution in [1.29, 1.82) is 0 Å². The Morgan fingerprint density at radius 1 is 1.07 bits per heavy atom. The van der Waals surface area contributed by atoms with Gasteiger partial charge in [0.25, 0.3) is 5.91 Å². The van der Waals surface area contributed by atoms with E-state index in [-0.39, 0.29) is 17.7 Å². The number of ketones is 1. The number of rotatable bonds is 7. The zero-order valence-electron chi connectivity index (χ0n) is 19.2. The summed E-state index contributed by atoms with van der Waals surface area (Å²) in [6.45, 7) is 11.1. The van der Waals surface area contributed by atoms with Gasteiger partial charge in [0.1, 0.15) is 5.69 Å². The number of aromatic nitrogens is 1. The van der Waals surface area contributed by atoms with Crippen LogP contribution in [0, 0.1) is 13.8 Å². The molecule has 0 radical (unpaired) electrons. The average molecular weight is 413 g/mol. The standard InChI is InChI=1S/C24H32N2O4/c1-9-18-10-12-19(13-11-18)23(28)26(14(2)3)17(6)22(27)20-15(4)21(24(29)30-8)25(7)16(20)5/h10-14,17H,9H2,1-8H3/t17-/m0/s1. The quantitative estimate of drug-likeness (QED) is 0.507. The Hall–Kier alpha value is -2.89. The van der Waals surface area contributed by atoms with Gasteiger partial charge in [-0.25, -0.2) is 4.79 Å². The van der Waals surface area contributed by atoms with Crippen molar-refractivity contribution in [3.05, 3.63) is 57.9 Å². The van der Waals surface area contributed by atoms with Crippen LogP contribution in [0.5, 0.6) is 0 Å². The van der Waals surface area contributed by atoms with Gasteiger partial charge in [-0.3, -0.25) is 9.59 Å². The highest BCUT2D eigenvalue weighted by atomic mass is 16.5. The third kappa shape index (κ3) is 4.18. The molecule has 6 heteroatoms. The lowest BCUT2D eigenvalue weighted by Crippen LogP contribution is -2.47. The van der Waals surface area contributed by atoms with Crippen LogP contribution in [-0.2, 0) is 18.2 Å². The molecule has 0 N–H and O–H groups in total. The molecule has 1 heterocycles. The summed E-state index contributed by atoms with van der Waals surface area (Å²) < 4.78 is 6.54. The van der Waals surface area contributed by atoms with Crippen molar-refractivity contribution in [3.8, 4) is 0 Å². The molecule has 2 rings (SSSR count). The maximum Gasteiger partial charge on any atom is 0.354 e. The summed E-state index contributed by atoms with van der Waals surface area (Å²) in [7, 11) is 3.05. The second kappa shape index (κ2) is 9.28. The molecular formula is C24H32N2O4. The first-order chi connectivity index (χ1) is 14.1. The van der Waals surface area contributed by atoms with Gasteiger partial charge >= 0.3 is 5.97 Å². The first-order valence-corrected chi connectivity index (χ1v) is 10.3. The second-order valence-corrected chi connectivity index (χ2v) is 7.88. The molecule has 0 aliphatic heterocycles. The maximum atomic E-state index is 13.5. The van der Waals surface area contributed by atoms with E-state index < -0.39 is 12.0 Å². The number of Topliss-reactive ketones (excluding diaryl/α,β-unsaturated/α-hetero) is 1. The van der Waals surface area contributed by atoms with E-state index in [0.29, 0.717) is 28.1 Å². The van der Waals surface area contributed by atoms with E-state index in [1.54, 1.807) is 37.3 Å². The third-order valence-corrected chi connectivity index (χ3v) is 5.75. The molecular weight excluding hydrogens is 380 g/mol. The van der Waals surface area contributed by atoms with Gasteiger partial charge < -0.3 is 14.2 Å². The highest BCUT2D eigenvalue weighted by Gasteiger charge is 2.33. The Morgan fingerprint density at radius 3 is 2.10 bits per heavy atom. The molecule has 6 nitrogen and oxygen atoms in total. The molecule has 162 valence electrons. The summed E-state index contributed by atoms with van der Waals surface area (Å²) >= 11 is 0. The fourth-order valence-corrected chi connectivity index (χ4v) is 3.95. The lowest BCUT2D eigenvalue weighted by atomic mass is 9.98. The Labute approximate surface area is 178 Å². The fraction of sp³-hybridized carbons (Fsp3) is 0.458. The first-order valence-electron chi connectivity index (χ1n) is 10.3. The van der Waals surface area contributed by atoms with E-state index in [2.05, 4.69) is 6.92 Å². The van der Waals surface area contributed by atoms with Gasteiger partial charge in [-0.15, -0.1) is 0 Å². The second-order valence-electron chi connectivity index (χ2n) is 7.88. The minimum Gasteiger partial charge on any atom is -0.464 e. The van der Waals surface area contributed by atoms with E-state index in [9.17, 15) is 14.4 Å². The topological polar surface area (TPSA) is 68.6 Å². The number of hydrogen-bond acceptors (Lipinski definition) is 4. The van der Waals surface area contributed by atoms with Crippen LogP contribution < -0.4 is 0 Å². The van der Waals surface area contributed by atoms with Crippen LogP contribution in [0.15, 0.2) is 24.3 Å². The smallest absolute Gasteiger partial charge is 0.354 e. The summed E-state index contributed by atoms with van der Waals surface area (Å²) in [6.07, 6.45) is 0.895. The Balaban J connectivity index is 2.45. The molecule has 1 atom stereocenters. The normalized spacial score (nSPS) is 12.0. The van der Waals surface area contributed by atoms with Crippen LogP contribution in [0.25, 0.3) is 0 Å². The van der Waals surface area contributed by atoms with Crippen LogP contribution in [0.4, 0.5) is 0 Å². The van der Waals surface area contributed by atoms with Crippen molar-refractivity contribution in [1.82, 2.24) is 9.47 Å². The van der Waals surface area contributed by atoms with Crippen LogP contribution in [-0.4, -0.2) is 46.3 Å². The number of carbonyl (C=O) groups is 3. The van der Waals surface area contributed by atoms with Gasteiger partial charge in [0.2, 0.25) is 0 Å². The van der Waals surface area contributed by atoms with Gasteiger partial charge in [-0.05, 0) is 64.3 Å². The summed E-state index contributed by atoms with van der Waals surface area (Å²) in [4.78, 5) is 40.5. The largest absolute Gasteiger partial charge is 0.464 e. The van der Waals surface area contributed by atoms with Crippen LogP contribution in [0.3, 0.4) is 0 Å². The van der Waals surface area contributed by atoms with E-state index in [0.717, 1.165) is 12.0 Å². The lowest BCUT2D eigenvalue weighted by molar-refractivity contribution is 0.0565. The maximum absolute atomic E-state index is 13.5. The van der Waals surface area contributed by atoms with E-state index in [4.69, 9.17) is 4.74 Å². The first kappa shape index (κ1) is 23.4. The number of nitrogens with zero attached hydrogens (tertiary/aromatic N) is 2. The van der Waals surface area contributed by atoms with Crippen LogP contribution >= 0.6 is 0 Å². The highest BCUT2D eigenvalue weighted by Crippen LogP contribution is 2.26. The van der Waals surface area contributed by atoms with Crippen molar-refractivity contribution in [2.45, 2.75) is 60.0 Å². The summed E-state index contributed by atoms with van der Waals surface area (Å²) in [5.74, 6) is -0.867. The number of aryl methyl sites for hydroxylation is 1. The number of hydrogen-bond donors (Lipinski definition) is 0. The lowest BCUT2D eigenvalue weighted by Gasteiger charge is -2.32. The van der Waals surface area contributed by atoms with Crippen molar-refractivity contribution < 1.29 is 19.1 Å². The average Bonchev–Trinajstić information content (AvgIpc) is 2.95. The molecule has 0 aliphatic rings. The molecule has 0 spiro atoms. The van der Waals surface area contributed by atoms with Gasteiger partial charge in [0.05, 0.1) is 13.2 Å². The van der Waals surface area contributed by atoms with E-state index >= 15 is 0 Å². The fourth-order valence-electron chi connectivity index (χ4n) is 3.95. The predicted octanol–water partition coefficient (Wildman–Crippen LogP) is 4.11. The molecule has 0 unspecified atom stereocenters. The third-order valence-electron chi connectivity index (χ3n) is 5.75. The minimum absolute atomic E-state index is 0.174. The van der Waals surface area contributed by atoms with Gasteiger partial charge in [0, 0.05) is 29.9 Å². The molecule has 0 bridgehead atoms. The molecule has 0 saturated carbocycles. The Bertz CT molecular complexity index is 955. The molecule has 1 aromatic carbocycles. The molecule has 1 amide bonds. The number of carbonyl (C=O) groups excluding carboxylic acids is 3. The number of amides is 1. The molecule has 1 aromatic heterocycles. The van der Waals surface area contributed by atoms with E-state index in [1.807, 2.05) is 38.1 Å². The molecule has 2 aromatic rings. The van der Waals surface area contributed by atoms with Crippen LogP contribution in [0.2, 0.25) is 0 Å². The Morgan fingerprint density at radius 2 is 1.63 bits per heavy atom. The molecule has 0 saturated heterocycles. The van der Waals surface area contributed by atoms with Gasteiger partial charge in [-0.1, -0.05) is 19.1 Å². The summed E-state index contributed by atoms with van der Waals surface area (Å²) in [5.41, 5.74) is 3.76. The molecule has 0 fully saturated rings. The van der Waals surface area contributed by atoms with Crippen molar-refractivity contribution in [3.63, 3.8) is 0 Å². The minimum atomic E-state index is -0.686. The number of methoxy groups -OCH3 is 1. The monoisotopic (exact) mass is 412 g/mol. The van der Waals surface area contributed by atoms with Crippen LogP contribution in [0.1, 0.15) is 75.7 Å². The van der Waals surface area contributed by atoms with Crippen molar-refractivity contribution in [2.24, 2.45) is 7.05 Å². The summed E-state index contributed by atoms with van der Waals surface area (Å²) in [5, 5.41) is 0. The van der Waals surface area contributed by atoms with Crippen molar-refractivity contribution in [2.75, 3.05) is 7.11 Å². The van der Waals surface area contributed by atoms with Crippen molar-refractivity contribution >= 4 is 17.7 Å². The zero-order valence-corrected chi connectivity index (χ0v) is 19.2. The molecule has 30 heavy (non-hydrogen) atoms.